The third-order valence-electron chi connectivity index (χ3n) is 3.19. The maximum absolute atomic E-state index is 12.1. The first-order valence-electron chi connectivity index (χ1n) is 7.07. The predicted molar refractivity (Wildman–Crippen MR) is 73.9 cm³/mol. The number of hydrogen-bond donors (Lipinski definition) is 0. The Kier molecular flexibility index (Phi) is 5.63. The van der Waals surface area contributed by atoms with Crippen LogP contribution in [0.3, 0.4) is 0 Å². The summed E-state index contributed by atoms with van der Waals surface area (Å²) in [6, 6.07) is 0. The highest BCUT2D eigenvalue weighted by molar-refractivity contribution is 5.81. The van der Waals surface area contributed by atoms with Crippen LogP contribution in [0.25, 0.3) is 0 Å². The molecule has 1 heterocycles. The molecular weight excluding hydrogens is 244 g/mol. The minimum atomic E-state index is -0.357. The zero-order valence-corrected chi connectivity index (χ0v) is 12.6. The summed E-state index contributed by atoms with van der Waals surface area (Å²) in [5.74, 6) is 0.145. The van der Waals surface area contributed by atoms with E-state index < -0.39 is 0 Å². The zero-order chi connectivity index (χ0) is 14.5. The number of carbonyl (C=O) groups is 2. The highest BCUT2D eigenvalue weighted by atomic mass is 16.6. The molecule has 2 amide bonds. The molecule has 0 aliphatic carbocycles. The molecule has 0 aromatic heterocycles. The minimum absolute atomic E-state index is 0.145. The number of piperazine rings is 1. The summed E-state index contributed by atoms with van der Waals surface area (Å²) in [7, 11) is 0. The Morgan fingerprint density at radius 2 is 1.58 bits per heavy atom. The summed E-state index contributed by atoms with van der Waals surface area (Å²) in [5.41, 5.74) is -0.357. The topological polar surface area (TPSA) is 49.9 Å². The molecule has 19 heavy (non-hydrogen) atoms. The van der Waals surface area contributed by atoms with Gasteiger partial charge in [-0.2, -0.15) is 0 Å². The van der Waals surface area contributed by atoms with Crippen LogP contribution in [0, 0.1) is 5.41 Å². The van der Waals surface area contributed by atoms with Gasteiger partial charge < -0.3 is 14.5 Å². The number of amides is 2. The summed E-state index contributed by atoms with van der Waals surface area (Å²) in [5, 5.41) is 0. The van der Waals surface area contributed by atoms with Crippen molar-refractivity contribution < 1.29 is 14.3 Å². The van der Waals surface area contributed by atoms with Gasteiger partial charge in [0.15, 0.2) is 0 Å². The van der Waals surface area contributed by atoms with E-state index in [0.717, 1.165) is 12.8 Å². The van der Waals surface area contributed by atoms with Gasteiger partial charge in [0, 0.05) is 31.6 Å². The van der Waals surface area contributed by atoms with Crippen molar-refractivity contribution >= 4 is 12.0 Å². The number of rotatable bonds is 3. The molecule has 0 spiro atoms. The van der Waals surface area contributed by atoms with Gasteiger partial charge in [-0.15, -0.1) is 0 Å². The molecule has 5 nitrogen and oxygen atoms in total. The van der Waals surface area contributed by atoms with E-state index >= 15 is 0 Å². The summed E-state index contributed by atoms with van der Waals surface area (Å²) >= 11 is 0. The molecule has 5 heteroatoms. The molecule has 0 atom stereocenters. The molecule has 0 bridgehead atoms. The Balaban J connectivity index is 2.36. The van der Waals surface area contributed by atoms with Gasteiger partial charge in [0.05, 0.1) is 6.61 Å². The van der Waals surface area contributed by atoms with E-state index in [1.807, 2.05) is 25.7 Å². The molecule has 0 N–H and O–H groups in total. The molecule has 110 valence electrons. The Labute approximate surface area is 115 Å². The molecule has 1 fully saturated rings. The highest BCUT2D eigenvalue weighted by Crippen LogP contribution is 2.18. The van der Waals surface area contributed by atoms with Crippen LogP contribution in [0.5, 0.6) is 0 Å². The summed E-state index contributed by atoms with van der Waals surface area (Å²) in [4.78, 5) is 27.4. The molecule has 0 unspecified atom stereocenters. The Morgan fingerprint density at radius 1 is 1.05 bits per heavy atom. The van der Waals surface area contributed by atoms with Crippen molar-refractivity contribution in [3.05, 3.63) is 0 Å². The molecule has 1 saturated heterocycles. The maximum atomic E-state index is 12.1. The number of nitrogens with zero attached hydrogens (tertiary/aromatic N) is 2. The molecular formula is C14H26N2O3. The lowest BCUT2D eigenvalue weighted by Crippen LogP contribution is -2.53. The smallest absolute Gasteiger partial charge is 0.409 e. The van der Waals surface area contributed by atoms with Crippen LogP contribution in [0.1, 0.15) is 40.5 Å². The highest BCUT2D eigenvalue weighted by Gasteiger charge is 2.31. The molecule has 0 aromatic rings. The van der Waals surface area contributed by atoms with E-state index in [2.05, 4.69) is 6.92 Å². The summed E-state index contributed by atoms with van der Waals surface area (Å²) in [6.07, 6.45) is 1.66. The first kappa shape index (κ1) is 15.8. The van der Waals surface area contributed by atoms with Gasteiger partial charge in [-0.05, 0) is 6.42 Å². The number of carbonyl (C=O) groups excluding carboxylic acids is 2. The van der Waals surface area contributed by atoms with Crippen molar-refractivity contribution in [3.8, 4) is 0 Å². The first-order chi connectivity index (χ1) is 8.86. The lowest BCUT2D eigenvalue weighted by molar-refractivity contribution is -0.141. The van der Waals surface area contributed by atoms with Crippen molar-refractivity contribution in [2.75, 3.05) is 32.8 Å². The van der Waals surface area contributed by atoms with Crippen molar-refractivity contribution in [1.29, 1.82) is 0 Å². The van der Waals surface area contributed by atoms with E-state index in [0.29, 0.717) is 32.8 Å². The average molecular weight is 270 g/mol. The number of hydrogen-bond acceptors (Lipinski definition) is 3. The molecule has 0 aromatic carbocycles. The van der Waals surface area contributed by atoms with Gasteiger partial charge in [-0.25, -0.2) is 4.79 Å². The van der Waals surface area contributed by atoms with Crippen LogP contribution < -0.4 is 0 Å². The number of ether oxygens (including phenoxy) is 1. The van der Waals surface area contributed by atoms with Gasteiger partial charge >= 0.3 is 6.09 Å². The normalized spacial score (nSPS) is 16.4. The minimum Gasteiger partial charge on any atom is -0.449 e. The molecule has 1 aliphatic rings. The predicted octanol–water partition coefficient (Wildman–Crippen LogP) is 2.11. The van der Waals surface area contributed by atoms with Gasteiger partial charge in [0.1, 0.15) is 0 Å². The van der Waals surface area contributed by atoms with Crippen LogP contribution >= 0.6 is 0 Å². The second kappa shape index (κ2) is 6.78. The lowest BCUT2D eigenvalue weighted by atomic mass is 9.94. The van der Waals surface area contributed by atoms with Gasteiger partial charge in [-0.3, -0.25) is 4.79 Å². The standard InChI is InChI=1S/C14H26N2O3/c1-5-6-11-19-13(18)16-9-7-15(8-10-16)12(17)14(2,3)4/h5-11H2,1-4H3. The fourth-order valence-corrected chi connectivity index (χ4v) is 1.96. The largest absolute Gasteiger partial charge is 0.449 e. The Hall–Kier alpha value is -1.26. The first-order valence-corrected chi connectivity index (χ1v) is 7.07. The van der Waals surface area contributed by atoms with Crippen LogP contribution in [0.2, 0.25) is 0 Å². The fourth-order valence-electron chi connectivity index (χ4n) is 1.96. The van der Waals surface area contributed by atoms with Crippen molar-refractivity contribution in [2.24, 2.45) is 5.41 Å². The third kappa shape index (κ3) is 4.73. The van der Waals surface area contributed by atoms with Crippen molar-refractivity contribution in [3.63, 3.8) is 0 Å². The van der Waals surface area contributed by atoms with Crippen LogP contribution in [0.4, 0.5) is 4.79 Å². The second-order valence-electron chi connectivity index (χ2n) is 6.00. The van der Waals surface area contributed by atoms with Gasteiger partial charge in [-0.1, -0.05) is 34.1 Å². The molecule has 1 rings (SSSR count). The van der Waals surface area contributed by atoms with Crippen LogP contribution in [-0.4, -0.2) is 54.6 Å². The quantitative estimate of drug-likeness (QED) is 0.738. The van der Waals surface area contributed by atoms with Gasteiger partial charge in [0.25, 0.3) is 0 Å². The van der Waals surface area contributed by atoms with Crippen LogP contribution in [0.15, 0.2) is 0 Å². The molecule has 1 aliphatic heterocycles. The third-order valence-corrected chi connectivity index (χ3v) is 3.19. The van der Waals surface area contributed by atoms with E-state index in [-0.39, 0.29) is 17.4 Å². The average Bonchev–Trinajstić information content (AvgIpc) is 2.37. The molecule has 0 radical (unpaired) electrons. The van der Waals surface area contributed by atoms with Crippen molar-refractivity contribution in [2.45, 2.75) is 40.5 Å². The summed E-state index contributed by atoms with van der Waals surface area (Å²) < 4.78 is 5.17. The number of unbranched alkanes of at least 4 members (excludes halogenated alkanes) is 1. The van der Waals surface area contributed by atoms with E-state index in [9.17, 15) is 9.59 Å². The van der Waals surface area contributed by atoms with Crippen molar-refractivity contribution in [1.82, 2.24) is 9.80 Å². The molecule has 0 saturated carbocycles. The zero-order valence-electron chi connectivity index (χ0n) is 12.6. The SMILES string of the molecule is CCCCOC(=O)N1CCN(C(=O)C(C)(C)C)CC1. The Morgan fingerprint density at radius 3 is 2.05 bits per heavy atom. The van der Waals surface area contributed by atoms with Crippen LogP contribution in [-0.2, 0) is 9.53 Å². The second-order valence-corrected chi connectivity index (χ2v) is 6.00. The fraction of sp³-hybridized carbons (Fsp3) is 0.857. The lowest BCUT2D eigenvalue weighted by Gasteiger charge is -2.37. The maximum Gasteiger partial charge on any atom is 0.409 e. The van der Waals surface area contributed by atoms with E-state index in [1.165, 1.54) is 0 Å². The summed E-state index contributed by atoms with van der Waals surface area (Å²) in [6.45, 7) is 10.6. The van der Waals surface area contributed by atoms with Gasteiger partial charge in [0.2, 0.25) is 5.91 Å². The monoisotopic (exact) mass is 270 g/mol. The Bertz CT molecular complexity index is 315. The van der Waals surface area contributed by atoms with E-state index in [1.54, 1.807) is 4.90 Å². The van der Waals surface area contributed by atoms with E-state index in [4.69, 9.17) is 4.74 Å².